The third-order valence-corrected chi connectivity index (χ3v) is 3.67. The van der Waals surface area contributed by atoms with E-state index in [0.717, 1.165) is 18.4 Å². The Bertz CT molecular complexity index is 364. The van der Waals surface area contributed by atoms with Crippen LogP contribution in [0.15, 0.2) is 18.3 Å². The van der Waals surface area contributed by atoms with Gasteiger partial charge in [0.2, 0.25) is 0 Å². The van der Waals surface area contributed by atoms with Gasteiger partial charge in [0.1, 0.15) is 5.82 Å². The van der Waals surface area contributed by atoms with Crippen LogP contribution in [0.4, 0.5) is 5.82 Å². The Hall–Kier alpha value is -1.13. The number of hydrogen-bond donors (Lipinski definition) is 2. The lowest BCUT2D eigenvalue weighted by atomic mass is 9.85. The molecule has 18 heavy (non-hydrogen) atoms. The highest BCUT2D eigenvalue weighted by Gasteiger charge is 2.34. The fourth-order valence-electron chi connectivity index (χ4n) is 2.42. The van der Waals surface area contributed by atoms with Crippen molar-refractivity contribution < 1.29 is 4.74 Å². The summed E-state index contributed by atoms with van der Waals surface area (Å²) in [6.07, 6.45) is 4.19. The van der Waals surface area contributed by atoms with E-state index in [1.54, 1.807) is 6.20 Å². The Balaban J connectivity index is 2.85. The molecule has 0 aliphatic heterocycles. The molecule has 0 bridgehead atoms. The predicted molar refractivity (Wildman–Crippen MR) is 75.3 cm³/mol. The number of nitrogen functional groups attached to an aromatic ring is 1. The van der Waals surface area contributed by atoms with E-state index in [1.807, 2.05) is 19.1 Å². The zero-order valence-electron chi connectivity index (χ0n) is 11.6. The first kappa shape index (κ1) is 14.9. The van der Waals surface area contributed by atoms with E-state index in [0.29, 0.717) is 18.8 Å². The predicted octanol–water partition coefficient (Wildman–Crippen LogP) is 2.13. The average molecular weight is 251 g/mol. The molecule has 0 saturated carbocycles. The molecule has 0 spiro atoms. The maximum Gasteiger partial charge on any atom is 0.126 e. The summed E-state index contributed by atoms with van der Waals surface area (Å²) in [5, 5.41) is 0. The molecular weight excluding hydrogens is 226 g/mol. The molecule has 0 aliphatic carbocycles. The third-order valence-electron chi connectivity index (χ3n) is 3.67. The van der Waals surface area contributed by atoms with Gasteiger partial charge >= 0.3 is 0 Å². The molecule has 1 heterocycles. The average Bonchev–Trinajstić information content (AvgIpc) is 2.38. The second-order valence-corrected chi connectivity index (χ2v) is 4.56. The smallest absolute Gasteiger partial charge is 0.126 e. The molecule has 0 aliphatic rings. The van der Waals surface area contributed by atoms with Crippen molar-refractivity contribution in [1.29, 1.82) is 0 Å². The standard InChI is InChI=1S/C14H25N3O/c1-4-14(5-2,18-6-3)12(15)10-11-8-7-9-17-13(11)16/h7-9,12H,4-6,10,15H2,1-3H3,(H2,16,17). The first-order valence-corrected chi connectivity index (χ1v) is 6.68. The van der Waals surface area contributed by atoms with Crippen molar-refractivity contribution in [2.45, 2.75) is 51.7 Å². The lowest BCUT2D eigenvalue weighted by Crippen LogP contribution is -2.50. The summed E-state index contributed by atoms with van der Waals surface area (Å²) in [6, 6.07) is 3.79. The van der Waals surface area contributed by atoms with Crippen LogP contribution in [0.25, 0.3) is 0 Å². The van der Waals surface area contributed by atoms with Crippen LogP contribution in [0, 0.1) is 0 Å². The number of rotatable bonds is 7. The minimum absolute atomic E-state index is 0.0704. The molecule has 4 nitrogen and oxygen atoms in total. The van der Waals surface area contributed by atoms with Crippen LogP contribution in [-0.4, -0.2) is 23.2 Å². The number of nitrogens with zero attached hydrogens (tertiary/aromatic N) is 1. The highest BCUT2D eigenvalue weighted by Crippen LogP contribution is 2.26. The van der Waals surface area contributed by atoms with E-state index in [1.165, 1.54) is 0 Å². The summed E-state index contributed by atoms with van der Waals surface area (Å²) < 4.78 is 5.92. The summed E-state index contributed by atoms with van der Waals surface area (Å²) in [5.74, 6) is 0.561. The van der Waals surface area contributed by atoms with Gasteiger partial charge in [-0.15, -0.1) is 0 Å². The summed E-state index contributed by atoms with van der Waals surface area (Å²) in [7, 11) is 0. The van der Waals surface area contributed by atoms with E-state index >= 15 is 0 Å². The summed E-state index contributed by atoms with van der Waals surface area (Å²) in [6.45, 7) is 6.92. The van der Waals surface area contributed by atoms with E-state index in [4.69, 9.17) is 16.2 Å². The van der Waals surface area contributed by atoms with Gasteiger partial charge in [0.15, 0.2) is 0 Å². The van der Waals surface area contributed by atoms with Gasteiger partial charge in [0, 0.05) is 18.8 Å². The molecule has 0 saturated heterocycles. The lowest BCUT2D eigenvalue weighted by Gasteiger charge is -2.37. The van der Waals surface area contributed by atoms with Crippen molar-refractivity contribution in [1.82, 2.24) is 4.98 Å². The second-order valence-electron chi connectivity index (χ2n) is 4.56. The van der Waals surface area contributed by atoms with Crippen LogP contribution in [0.3, 0.4) is 0 Å². The molecule has 1 unspecified atom stereocenters. The first-order valence-electron chi connectivity index (χ1n) is 6.68. The Labute approximate surface area is 110 Å². The second kappa shape index (κ2) is 6.71. The van der Waals surface area contributed by atoms with Crippen LogP contribution in [0.1, 0.15) is 39.2 Å². The van der Waals surface area contributed by atoms with Gasteiger partial charge < -0.3 is 16.2 Å². The summed E-state index contributed by atoms with van der Waals surface area (Å²) in [5.41, 5.74) is 12.9. The minimum atomic E-state index is -0.267. The Kier molecular flexibility index (Phi) is 5.56. The van der Waals surface area contributed by atoms with Gasteiger partial charge in [0.25, 0.3) is 0 Å². The molecule has 1 atom stereocenters. The molecule has 4 N–H and O–H groups in total. The van der Waals surface area contributed by atoms with Crippen LogP contribution in [-0.2, 0) is 11.2 Å². The number of ether oxygens (including phenoxy) is 1. The molecule has 0 amide bonds. The third kappa shape index (κ3) is 3.21. The van der Waals surface area contributed by atoms with Gasteiger partial charge in [-0.2, -0.15) is 0 Å². The lowest BCUT2D eigenvalue weighted by molar-refractivity contribution is -0.0633. The van der Waals surface area contributed by atoms with Gasteiger partial charge in [-0.1, -0.05) is 19.9 Å². The highest BCUT2D eigenvalue weighted by atomic mass is 16.5. The van der Waals surface area contributed by atoms with Crippen molar-refractivity contribution in [2.75, 3.05) is 12.3 Å². The topological polar surface area (TPSA) is 74.2 Å². The Morgan fingerprint density at radius 3 is 2.50 bits per heavy atom. The first-order chi connectivity index (χ1) is 8.59. The minimum Gasteiger partial charge on any atom is -0.383 e. The molecule has 4 heteroatoms. The number of aromatic nitrogens is 1. The Morgan fingerprint density at radius 2 is 2.00 bits per heavy atom. The molecule has 0 aromatic carbocycles. The van der Waals surface area contributed by atoms with Crippen molar-refractivity contribution >= 4 is 5.82 Å². The van der Waals surface area contributed by atoms with E-state index in [9.17, 15) is 0 Å². The van der Waals surface area contributed by atoms with Crippen molar-refractivity contribution in [3.8, 4) is 0 Å². The van der Waals surface area contributed by atoms with Crippen molar-refractivity contribution in [3.63, 3.8) is 0 Å². The molecule has 1 aromatic heterocycles. The van der Waals surface area contributed by atoms with Gasteiger partial charge in [-0.05, 0) is 37.8 Å². The number of pyridine rings is 1. The summed E-state index contributed by atoms with van der Waals surface area (Å²) >= 11 is 0. The van der Waals surface area contributed by atoms with E-state index in [2.05, 4.69) is 18.8 Å². The van der Waals surface area contributed by atoms with Crippen LogP contribution in [0.5, 0.6) is 0 Å². The van der Waals surface area contributed by atoms with Crippen LogP contribution in [0.2, 0.25) is 0 Å². The monoisotopic (exact) mass is 251 g/mol. The zero-order chi connectivity index (χ0) is 13.6. The maximum atomic E-state index is 6.35. The molecular formula is C14H25N3O. The molecule has 102 valence electrons. The molecule has 0 radical (unpaired) electrons. The normalized spacial score (nSPS) is 13.6. The number of hydrogen-bond acceptors (Lipinski definition) is 4. The largest absolute Gasteiger partial charge is 0.383 e. The van der Waals surface area contributed by atoms with Crippen molar-refractivity contribution in [2.24, 2.45) is 5.73 Å². The molecule has 1 aromatic rings. The highest BCUT2D eigenvalue weighted by molar-refractivity contribution is 5.39. The van der Waals surface area contributed by atoms with E-state index < -0.39 is 0 Å². The van der Waals surface area contributed by atoms with Gasteiger partial charge in [-0.25, -0.2) is 4.98 Å². The molecule has 1 rings (SSSR count). The Morgan fingerprint density at radius 1 is 1.33 bits per heavy atom. The zero-order valence-corrected chi connectivity index (χ0v) is 11.6. The fraction of sp³-hybridized carbons (Fsp3) is 0.643. The fourth-order valence-corrected chi connectivity index (χ4v) is 2.42. The summed E-state index contributed by atoms with van der Waals surface area (Å²) in [4.78, 5) is 4.09. The van der Waals surface area contributed by atoms with Crippen LogP contribution < -0.4 is 11.5 Å². The SMILES string of the molecule is CCOC(CC)(CC)C(N)Cc1cccnc1N. The van der Waals surface area contributed by atoms with Crippen LogP contribution >= 0.6 is 0 Å². The van der Waals surface area contributed by atoms with Gasteiger partial charge in [0.05, 0.1) is 5.60 Å². The maximum absolute atomic E-state index is 6.35. The number of anilines is 1. The van der Waals surface area contributed by atoms with Crippen molar-refractivity contribution in [3.05, 3.63) is 23.9 Å². The van der Waals surface area contributed by atoms with Gasteiger partial charge in [-0.3, -0.25) is 0 Å². The number of nitrogens with two attached hydrogens (primary N) is 2. The molecule has 0 fully saturated rings. The quantitative estimate of drug-likeness (QED) is 0.778. The van der Waals surface area contributed by atoms with E-state index in [-0.39, 0.29) is 11.6 Å².